The molecule has 0 aliphatic carbocycles. The third kappa shape index (κ3) is 2.17. The molecule has 16 heavy (non-hydrogen) atoms. The largest absolute Gasteiger partial charge is 0.497 e. The zero-order chi connectivity index (χ0) is 11.5. The second-order valence-electron chi connectivity index (χ2n) is 3.36. The molecule has 0 saturated carbocycles. The van der Waals surface area contributed by atoms with Gasteiger partial charge in [0.25, 0.3) is 0 Å². The van der Waals surface area contributed by atoms with Gasteiger partial charge in [0.1, 0.15) is 11.6 Å². The van der Waals surface area contributed by atoms with Crippen molar-refractivity contribution in [1.29, 1.82) is 0 Å². The number of ether oxygens (including phenoxy) is 1. The molecule has 0 unspecified atom stereocenters. The van der Waals surface area contributed by atoms with Crippen molar-refractivity contribution in [3.63, 3.8) is 0 Å². The second-order valence-corrected chi connectivity index (χ2v) is 3.77. The summed E-state index contributed by atoms with van der Waals surface area (Å²) in [6, 6.07) is 12.2. The van der Waals surface area contributed by atoms with Gasteiger partial charge in [-0.1, -0.05) is 29.8 Å². The van der Waals surface area contributed by atoms with E-state index in [0.29, 0.717) is 0 Å². The Labute approximate surface area is 98.4 Å². The maximum atomic E-state index is 13.0. The molecule has 1 nitrogen and oxygen atoms in total. The maximum Gasteiger partial charge on any atom is 0.141 e. The van der Waals surface area contributed by atoms with E-state index in [1.165, 1.54) is 6.07 Å². The molecule has 0 atom stereocenters. The lowest BCUT2D eigenvalue weighted by molar-refractivity contribution is 0.415. The molecule has 82 valence electrons. The van der Waals surface area contributed by atoms with Crippen molar-refractivity contribution in [2.24, 2.45) is 0 Å². The van der Waals surface area contributed by atoms with Gasteiger partial charge >= 0.3 is 0 Å². The molecule has 0 radical (unpaired) electrons. The monoisotopic (exact) mass is 236 g/mol. The van der Waals surface area contributed by atoms with Crippen LogP contribution >= 0.6 is 11.6 Å². The summed E-state index contributed by atoms with van der Waals surface area (Å²) in [6.07, 6.45) is 0. The summed E-state index contributed by atoms with van der Waals surface area (Å²) in [5.74, 6) is 0.353. The van der Waals surface area contributed by atoms with Crippen molar-refractivity contribution in [1.82, 2.24) is 0 Å². The molecule has 0 aromatic heterocycles. The van der Waals surface area contributed by atoms with E-state index in [0.717, 1.165) is 16.9 Å². The topological polar surface area (TPSA) is 9.23 Å². The van der Waals surface area contributed by atoms with Crippen molar-refractivity contribution in [2.45, 2.75) is 0 Å². The minimum atomic E-state index is -0.409. The molecule has 0 N–H and O–H groups in total. The smallest absolute Gasteiger partial charge is 0.141 e. The van der Waals surface area contributed by atoms with E-state index in [4.69, 9.17) is 16.3 Å². The quantitative estimate of drug-likeness (QED) is 0.761. The predicted molar refractivity (Wildman–Crippen MR) is 63.4 cm³/mol. The van der Waals surface area contributed by atoms with Crippen LogP contribution in [0.3, 0.4) is 0 Å². The van der Waals surface area contributed by atoms with Crippen LogP contribution in [0.15, 0.2) is 42.5 Å². The summed E-state index contributed by atoms with van der Waals surface area (Å²) in [7, 11) is 1.61. The van der Waals surface area contributed by atoms with Crippen LogP contribution in [0, 0.1) is 5.82 Å². The highest BCUT2D eigenvalue weighted by molar-refractivity contribution is 6.31. The van der Waals surface area contributed by atoms with Gasteiger partial charge in [-0.15, -0.1) is 0 Å². The molecule has 2 aromatic carbocycles. The normalized spacial score (nSPS) is 10.2. The molecule has 2 aromatic rings. The van der Waals surface area contributed by atoms with Crippen LogP contribution in [0.4, 0.5) is 4.39 Å². The van der Waals surface area contributed by atoms with E-state index in [-0.39, 0.29) is 5.02 Å². The van der Waals surface area contributed by atoms with E-state index in [1.54, 1.807) is 19.2 Å². The van der Waals surface area contributed by atoms with Crippen LogP contribution in [0.5, 0.6) is 5.75 Å². The molecule has 0 bridgehead atoms. The Morgan fingerprint density at radius 1 is 1.06 bits per heavy atom. The molecule has 0 spiro atoms. The Morgan fingerprint density at radius 3 is 2.50 bits per heavy atom. The maximum absolute atomic E-state index is 13.0. The fraction of sp³-hybridized carbons (Fsp3) is 0.0769. The summed E-state index contributed by atoms with van der Waals surface area (Å²) in [4.78, 5) is 0. The first-order valence-electron chi connectivity index (χ1n) is 4.80. The summed E-state index contributed by atoms with van der Waals surface area (Å²) in [5, 5.41) is 0.125. The number of hydrogen-bond donors (Lipinski definition) is 0. The first-order valence-corrected chi connectivity index (χ1v) is 5.18. The Balaban J connectivity index is 2.46. The van der Waals surface area contributed by atoms with E-state index in [1.807, 2.05) is 24.3 Å². The first-order chi connectivity index (χ1) is 7.70. The Hall–Kier alpha value is -1.54. The fourth-order valence-electron chi connectivity index (χ4n) is 1.48. The summed E-state index contributed by atoms with van der Waals surface area (Å²) < 4.78 is 18.1. The van der Waals surface area contributed by atoms with Gasteiger partial charge in [0.2, 0.25) is 0 Å². The Morgan fingerprint density at radius 2 is 1.81 bits per heavy atom. The standard InChI is InChI=1S/C13H10ClFO/c1-16-11-4-2-3-9(7-11)10-5-6-13(15)12(14)8-10/h2-8H,1H3. The third-order valence-electron chi connectivity index (χ3n) is 2.32. The zero-order valence-electron chi connectivity index (χ0n) is 8.71. The van der Waals surface area contributed by atoms with Crippen molar-refractivity contribution >= 4 is 11.6 Å². The lowest BCUT2D eigenvalue weighted by Gasteiger charge is -2.05. The highest BCUT2D eigenvalue weighted by Gasteiger charge is 2.03. The number of halogens is 2. The van der Waals surface area contributed by atoms with Gasteiger partial charge in [-0.05, 0) is 35.4 Å². The van der Waals surface area contributed by atoms with Gasteiger partial charge in [-0.2, -0.15) is 0 Å². The summed E-state index contributed by atoms with van der Waals surface area (Å²) in [5.41, 5.74) is 1.81. The van der Waals surface area contributed by atoms with Gasteiger partial charge in [-0.25, -0.2) is 4.39 Å². The highest BCUT2D eigenvalue weighted by Crippen LogP contribution is 2.27. The van der Waals surface area contributed by atoms with Crippen LogP contribution in [0.25, 0.3) is 11.1 Å². The SMILES string of the molecule is COc1cccc(-c2ccc(F)c(Cl)c2)c1. The minimum Gasteiger partial charge on any atom is -0.497 e. The van der Waals surface area contributed by atoms with Gasteiger partial charge in [0.05, 0.1) is 12.1 Å². The molecule has 0 saturated heterocycles. The Bertz CT molecular complexity index is 511. The minimum absolute atomic E-state index is 0.125. The van der Waals surface area contributed by atoms with E-state index >= 15 is 0 Å². The second kappa shape index (κ2) is 4.54. The number of methoxy groups -OCH3 is 1. The molecule has 0 fully saturated rings. The lowest BCUT2D eigenvalue weighted by atomic mass is 10.1. The summed E-state index contributed by atoms with van der Waals surface area (Å²) in [6.45, 7) is 0. The number of hydrogen-bond acceptors (Lipinski definition) is 1. The van der Waals surface area contributed by atoms with E-state index in [9.17, 15) is 4.39 Å². The molecule has 0 aliphatic heterocycles. The average molecular weight is 237 g/mol. The van der Waals surface area contributed by atoms with Gasteiger partial charge in [0, 0.05) is 0 Å². The van der Waals surface area contributed by atoms with Gasteiger partial charge < -0.3 is 4.74 Å². The zero-order valence-corrected chi connectivity index (χ0v) is 9.46. The average Bonchev–Trinajstić information content (AvgIpc) is 2.33. The predicted octanol–water partition coefficient (Wildman–Crippen LogP) is 4.15. The molecular weight excluding hydrogens is 227 g/mol. The van der Waals surface area contributed by atoms with E-state index < -0.39 is 5.82 Å². The van der Waals surface area contributed by atoms with Crippen LogP contribution < -0.4 is 4.74 Å². The van der Waals surface area contributed by atoms with Crippen molar-refractivity contribution in [3.05, 3.63) is 53.3 Å². The number of rotatable bonds is 2. The molecular formula is C13H10ClFO. The summed E-state index contributed by atoms with van der Waals surface area (Å²) >= 11 is 5.73. The van der Waals surface area contributed by atoms with Gasteiger partial charge in [0.15, 0.2) is 0 Å². The van der Waals surface area contributed by atoms with Crippen molar-refractivity contribution < 1.29 is 9.13 Å². The van der Waals surface area contributed by atoms with E-state index in [2.05, 4.69) is 0 Å². The van der Waals surface area contributed by atoms with Crippen LogP contribution in [0.1, 0.15) is 0 Å². The molecule has 2 rings (SSSR count). The van der Waals surface area contributed by atoms with Crippen LogP contribution in [0.2, 0.25) is 5.02 Å². The Kier molecular flexibility index (Phi) is 3.11. The highest BCUT2D eigenvalue weighted by atomic mass is 35.5. The number of benzene rings is 2. The van der Waals surface area contributed by atoms with Crippen molar-refractivity contribution in [2.75, 3.05) is 7.11 Å². The molecule has 0 aliphatic rings. The first kappa shape index (κ1) is 11.0. The third-order valence-corrected chi connectivity index (χ3v) is 2.61. The van der Waals surface area contributed by atoms with Crippen LogP contribution in [-0.4, -0.2) is 7.11 Å². The fourth-order valence-corrected chi connectivity index (χ4v) is 1.66. The van der Waals surface area contributed by atoms with Gasteiger partial charge in [-0.3, -0.25) is 0 Å². The lowest BCUT2D eigenvalue weighted by Crippen LogP contribution is -1.84. The molecule has 0 heterocycles. The van der Waals surface area contributed by atoms with Crippen molar-refractivity contribution in [3.8, 4) is 16.9 Å². The molecule has 0 amide bonds. The van der Waals surface area contributed by atoms with Crippen LogP contribution in [-0.2, 0) is 0 Å². The molecule has 3 heteroatoms.